The average molecular weight is 387 g/mol. The minimum absolute atomic E-state index is 0.0284. The summed E-state index contributed by atoms with van der Waals surface area (Å²) in [5, 5.41) is 7.99. The van der Waals surface area contributed by atoms with Crippen LogP contribution in [-0.2, 0) is 18.7 Å². The summed E-state index contributed by atoms with van der Waals surface area (Å²) < 4.78 is 1.66. The van der Waals surface area contributed by atoms with Gasteiger partial charge < -0.3 is 5.32 Å². The number of fused-ring (bicyclic) bond motifs is 1. The van der Waals surface area contributed by atoms with Gasteiger partial charge in [-0.1, -0.05) is 6.42 Å². The molecule has 7 nitrogen and oxygen atoms in total. The zero-order valence-electron chi connectivity index (χ0n) is 15.5. The quantitative estimate of drug-likeness (QED) is 0.811. The summed E-state index contributed by atoms with van der Waals surface area (Å²) in [6.07, 6.45) is 8.08. The molecule has 0 radical (unpaired) electrons. The molecule has 2 aromatic heterocycles. The Balaban J connectivity index is 1.38. The van der Waals surface area contributed by atoms with Gasteiger partial charge in [0.15, 0.2) is 0 Å². The third-order valence-electron chi connectivity index (χ3n) is 5.31. The number of aromatic nitrogens is 4. The van der Waals surface area contributed by atoms with Crippen molar-refractivity contribution in [3.63, 3.8) is 0 Å². The van der Waals surface area contributed by atoms with Gasteiger partial charge in [0.1, 0.15) is 0 Å². The molecule has 144 valence electrons. The van der Waals surface area contributed by atoms with Crippen molar-refractivity contribution in [2.24, 2.45) is 0 Å². The lowest BCUT2D eigenvalue weighted by Gasteiger charge is -2.35. The van der Waals surface area contributed by atoms with Crippen LogP contribution in [0.1, 0.15) is 30.5 Å². The molecule has 1 fully saturated rings. The molecule has 0 aliphatic carbocycles. The van der Waals surface area contributed by atoms with Crippen molar-refractivity contribution in [1.82, 2.24) is 24.6 Å². The minimum Gasteiger partial charge on any atom is -0.353 e. The number of likely N-dealkylation sites (tertiary alicyclic amines) is 1. The zero-order chi connectivity index (χ0) is 18.5. The second-order valence-corrected chi connectivity index (χ2v) is 8.22. The molecule has 27 heavy (non-hydrogen) atoms. The van der Waals surface area contributed by atoms with Crippen molar-refractivity contribution in [3.05, 3.63) is 46.1 Å². The third-order valence-corrected chi connectivity index (χ3v) is 6.32. The second-order valence-electron chi connectivity index (χ2n) is 7.12. The number of nitrogens with zero attached hydrogens (tertiary/aromatic N) is 5. The second kappa shape index (κ2) is 8.84. The van der Waals surface area contributed by atoms with E-state index in [4.69, 9.17) is 0 Å². The Labute approximate surface area is 163 Å². The molecule has 0 bridgehead atoms. The molecule has 1 unspecified atom stereocenters. The molecule has 0 spiro atoms. The lowest BCUT2D eigenvalue weighted by molar-refractivity contribution is 0.147. The Morgan fingerprint density at radius 2 is 2.11 bits per heavy atom. The fraction of sp³-hybridized carbons (Fsp3) is 0.579. The lowest BCUT2D eigenvalue weighted by atomic mass is 10.0. The van der Waals surface area contributed by atoms with Crippen LogP contribution in [0.15, 0.2) is 29.3 Å². The smallest absolute Gasteiger partial charge is 0.267 e. The SMILES string of the molecule is O=c1cc2c(nn1CCN1CCCCC1CNc1ncccn1)CCSC2. The van der Waals surface area contributed by atoms with E-state index in [1.54, 1.807) is 23.1 Å². The Kier molecular flexibility index (Phi) is 6.03. The summed E-state index contributed by atoms with van der Waals surface area (Å²) in [6.45, 7) is 3.39. The van der Waals surface area contributed by atoms with Crippen molar-refractivity contribution in [3.8, 4) is 0 Å². The van der Waals surface area contributed by atoms with Crippen LogP contribution in [0.3, 0.4) is 0 Å². The van der Waals surface area contributed by atoms with E-state index in [9.17, 15) is 4.79 Å². The summed E-state index contributed by atoms with van der Waals surface area (Å²) in [7, 11) is 0. The van der Waals surface area contributed by atoms with E-state index in [1.165, 1.54) is 12.8 Å². The average Bonchev–Trinajstić information content (AvgIpc) is 2.72. The van der Waals surface area contributed by atoms with Gasteiger partial charge in [0, 0.05) is 49.8 Å². The number of thioether (sulfide) groups is 1. The first kappa shape index (κ1) is 18.4. The molecule has 4 heterocycles. The van der Waals surface area contributed by atoms with Gasteiger partial charge in [0.05, 0.1) is 12.2 Å². The van der Waals surface area contributed by atoms with Crippen molar-refractivity contribution < 1.29 is 0 Å². The highest BCUT2D eigenvalue weighted by atomic mass is 32.2. The standard InChI is InChI=1S/C19H26N6OS/c26-18-12-15-14-27-11-5-17(15)23-25(18)10-9-24-8-2-1-4-16(24)13-22-19-20-6-3-7-21-19/h3,6-7,12,16H,1-2,4-5,8-11,13-14H2,(H,20,21,22). The van der Waals surface area contributed by atoms with Gasteiger partial charge in [0.25, 0.3) is 5.56 Å². The van der Waals surface area contributed by atoms with Crippen LogP contribution in [-0.4, -0.2) is 56.1 Å². The Hall–Kier alpha value is -1.93. The molecule has 4 rings (SSSR count). The van der Waals surface area contributed by atoms with E-state index in [0.29, 0.717) is 18.5 Å². The van der Waals surface area contributed by atoms with Crippen molar-refractivity contribution >= 4 is 17.7 Å². The first-order valence-corrected chi connectivity index (χ1v) is 10.9. The van der Waals surface area contributed by atoms with Gasteiger partial charge in [-0.3, -0.25) is 9.69 Å². The number of nitrogens with one attached hydrogen (secondary N) is 1. The maximum atomic E-state index is 12.4. The largest absolute Gasteiger partial charge is 0.353 e. The monoisotopic (exact) mass is 386 g/mol. The van der Waals surface area contributed by atoms with Crippen LogP contribution in [0.2, 0.25) is 0 Å². The summed E-state index contributed by atoms with van der Waals surface area (Å²) in [5.74, 6) is 2.69. The molecule has 8 heteroatoms. The van der Waals surface area contributed by atoms with Crippen molar-refractivity contribution in [2.75, 3.05) is 30.7 Å². The number of hydrogen-bond donors (Lipinski definition) is 1. The molecule has 0 amide bonds. The van der Waals surface area contributed by atoms with Gasteiger partial charge in [-0.15, -0.1) is 0 Å². The van der Waals surface area contributed by atoms with Crippen molar-refractivity contribution in [2.45, 2.75) is 44.0 Å². The molecule has 0 aromatic carbocycles. The molecule has 2 aliphatic heterocycles. The molecule has 2 aromatic rings. The fourth-order valence-corrected chi connectivity index (χ4v) is 4.77. The van der Waals surface area contributed by atoms with Gasteiger partial charge in [0.2, 0.25) is 5.95 Å². The summed E-state index contributed by atoms with van der Waals surface area (Å²) >= 11 is 1.88. The highest BCUT2D eigenvalue weighted by Gasteiger charge is 2.22. The normalized spacial score (nSPS) is 20.2. The number of hydrogen-bond acceptors (Lipinski definition) is 7. The van der Waals surface area contributed by atoms with Gasteiger partial charge in [-0.25, -0.2) is 14.6 Å². The highest BCUT2D eigenvalue weighted by molar-refractivity contribution is 7.98. The molecule has 1 N–H and O–H groups in total. The van der Waals surface area contributed by atoms with E-state index >= 15 is 0 Å². The summed E-state index contributed by atoms with van der Waals surface area (Å²) in [5.41, 5.74) is 2.25. The Bertz CT molecular complexity index is 812. The highest BCUT2D eigenvalue weighted by Crippen LogP contribution is 2.21. The molecule has 2 aliphatic rings. The first-order chi connectivity index (χ1) is 13.3. The lowest BCUT2D eigenvalue weighted by Crippen LogP contribution is -2.46. The van der Waals surface area contributed by atoms with Gasteiger partial charge >= 0.3 is 0 Å². The zero-order valence-corrected chi connectivity index (χ0v) is 16.3. The first-order valence-electron chi connectivity index (χ1n) is 9.72. The molecule has 0 saturated carbocycles. The Morgan fingerprint density at radius 3 is 3.00 bits per heavy atom. The topological polar surface area (TPSA) is 75.9 Å². The van der Waals surface area contributed by atoms with Crippen LogP contribution in [0.5, 0.6) is 0 Å². The number of rotatable bonds is 6. The number of piperidine rings is 1. The molecular weight excluding hydrogens is 360 g/mol. The van der Waals surface area contributed by atoms with Gasteiger partial charge in [-0.2, -0.15) is 16.9 Å². The summed E-state index contributed by atoms with van der Waals surface area (Å²) in [6, 6.07) is 4.05. The summed E-state index contributed by atoms with van der Waals surface area (Å²) in [4.78, 5) is 23.3. The van der Waals surface area contributed by atoms with Crippen LogP contribution < -0.4 is 10.9 Å². The van der Waals surface area contributed by atoms with E-state index in [2.05, 4.69) is 25.3 Å². The fourth-order valence-electron chi connectivity index (χ4n) is 3.82. The molecular formula is C19H26N6OS. The van der Waals surface area contributed by atoms with E-state index < -0.39 is 0 Å². The minimum atomic E-state index is 0.0284. The van der Waals surface area contributed by atoms with Crippen LogP contribution in [0, 0.1) is 0 Å². The number of anilines is 1. The van der Waals surface area contributed by atoms with Crippen molar-refractivity contribution in [1.29, 1.82) is 0 Å². The predicted octanol–water partition coefficient (Wildman–Crippen LogP) is 1.79. The predicted molar refractivity (Wildman–Crippen MR) is 108 cm³/mol. The molecule has 1 atom stereocenters. The van der Waals surface area contributed by atoms with E-state index in [0.717, 1.165) is 55.2 Å². The van der Waals surface area contributed by atoms with Gasteiger partial charge in [-0.05, 0) is 36.8 Å². The molecule has 1 saturated heterocycles. The van der Waals surface area contributed by atoms with Crippen LogP contribution in [0.25, 0.3) is 0 Å². The number of aryl methyl sites for hydroxylation is 1. The maximum absolute atomic E-state index is 12.4. The third kappa shape index (κ3) is 4.68. The van der Waals surface area contributed by atoms with Crippen LogP contribution in [0.4, 0.5) is 5.95 Å². The van der Waals surface area contributed by atoms with E-state index in [-0.39, 0.29) is 5.56 Å². The van der Waals surface area contributed by atoms with E-state index in [1.807, 2.05) is 17.8 Å². The van der Waals surface area contributed by atoms with Crippen LogP contribution >= 0.6 is 11.8 Å². The maximum Gasteiger partial charge on any atom is 0.267 e. The Morgan fingerprint density at radius 1 is 1.22 bits per heavy atom.